The summed E-state index contributed by atoms with van der Waals surface area (Å²) in [5, 5.41) is 2.62. The van der Waals surface area contributed by atoms with E-state index in [1.54, 1.807) is 0 Å². The van der Waals surface area contributed by atoms with Crippen molar-refractivity contribution < 1.29 is 0 Å². The quantitative estimate of drug-likeness (QED) is 0.512. The second-order valence-electron chi connectivity index (χ2n) is 8.56. The van der Waals surface area contributed by atoms with Crippen molar-refractivity contribution in [2.45, 2.75) is 38.9 Å². The molecule has 0 N–H and O–H groups in total. The lowest BCUT2D eigenvalue weighted by Crippen LogP contribution is -2.57. The molecule has 1 aliphatic heterocycles. The van der Waals surface area contributed by atoms with Crippen LogP contribution in [0.5, 0.6) is 0 Å². The summed E-state index contributed by atoms with van der Waals surface area (Å²) in [7, 11) is 0. The maximum Gasteiger partial charge on any atom is 0.0605 e. The Morgan fingerprint density at radius 3 is 2.41 bits per heavy atom. The van der Waals surface area contributed by atoms with E-state index in [4.69, 9.17) is 0 Å². The Bertz CT molecular complexity index is 993. The van der Waals surface area contributed by atoms with E-state index >= 15 is 0 Å². The van der Waals surface area contributed by atoms with Gasteiger partial charge in [-0.05, 0) is 48.7 Å². The van der Waals surface area contributed by atoms with Crippen molar-refractivity contribution in [3.05, 3.63) is 96.1 Å². The Labute approximate surface area is 175 Å². The standard InChI is InChI=1S/C27H32N2/c1-5-15-28-18-22(4)29(19-21(28)3)27(25-12-8-9-20(2)16-25)26-14-13-23-10-6-7-11-24(23)17-26/h5-14,16-17,21-22,27H,1,15,18-19H2,2-4H3/t21-,22+,27?/m1/s1. The van der Waals surface area contributed by atoms with Crippen molar-refractivity contribution in [2.75, 3.05) is 19.6 Å². The van der Waals surface area contributed by atoms with E-state index in [9.17, 15) is 0 Å². The van der Waals surface area contributed by atoms with Gasteiger partial charge in [-0.15, -0.1) is 6.58 Å². The molecule has 1 aliphatic rings. The van der Waals surface area contributed by atoms with E-state index in [1.165, 1.54) is 27.5 Å². The summed E-state index contributed by atoms with van der Waals surface area (Å²) in [6.07, 6.45) is 2.03. The minimum Gasteiger partial charge on any atom is -0.294 e. The van der Waals surface area contributed by atoms with Gasteiger partial charge in [0.1, 0.15) is 0 Å². The number of hydrogen-bond acceptors (Lipinski definition) is 2. The van der Waals surface area contributed by atoms with Crippen LogP contribution in [0.25, 0.3) is 10.8 Å². The van der Waals surface area contributed by atoms with E-state index < -0.39 is 0 Å². The van der Waals surface area contributed by atoms with Gasteiger partial charge in [-0.25, -0.2) is 0 Å². The van der Waals surface area contributed by atoms with Crippen LogP contribution in [0.2, 0.25) is 0 Å². The molecular weight excluding hydrogens is 352 g/mol. The molecule has 0 aromatic heterocycles. The Hall–Kier alpha value is -2.42. The van der Waals surface area contributed by atoms with Gasteiger partial charge in [-0.3, -0.25) is 9.80 Å². The molecule has 150 valence electrons. The van der Waals surface area contributed by atoms with Crippen LogP contribution in [-0.2, 0) is 0 Å². The minimum atomic E-state index is 0.267. The first-order valence-corrected chi connectivity index (χ1v) is 10.7. The number of benzene rings is 3. The average Bonchev–Trinajstić information content (AvgIpc) is 2.72. The smallest absolute Gasteiger partial charge is 0.0605 e. The number of piperazine rings is 1. The first-order valence-electron chi connectivity index (χ1n) is 10.7. The Morgan fingerprint density at radius 2 is 1.66 bits per heavy atom. The molecule has 0 saturated carbocycles. The van der Waals surface area contributed by atoms with E-state index in [1.807, 2.05) is 6.08 Å². The second kappa shape index (κ2) is 8.52. The average molecular weight is 385 g/mol. The highest BCUT2D eigenvalue weighted by molar-refractivity contribution is 5.83. The van der Waals surface area contributed by atoms with Gasteiger partial charge in [0, 0.05) is 31.7 Å². The van der Waals surface area contributed by atoms with Gasteiger partial charge in [-0.1, -0.05) is 72.3 Å². The van der Waals surface area contributed by atoms with Crippen LogP contribution in [0.3, 0.4) is 0 Å². The summed E-state index contributed by atoms with van der Waals surface area (Å²) in [6.45, 7) is 13.9. The largest absolute Gasteiger partial charge is 0.294 e. The topological polar surface area (TPSA) is 6.48 Å². The van der Waals surface area contributed by atoms with Crippen LogP contribution >= 0.6 is 0 Å². The summed E-state index contributed by atoms with van der Waals surface area (Å²) in [6, 6.07) is 25.9. The number of aryl methyl sites for hydroxylation is 1. The Morgan fingerprint density at radius 1 is 0.897 bits per heavy atom. The third kappa shape index (κ3) is 4.14. The summed E-state index contributed by atoms with van der Waals surface area (Å²) in [4.78, 5) is 5.24. The van der Waals surface area contributed by atoms with Crippen molar-refractivity contribution in [1.82, 2.24) is 9.80 Å². The zero-order valence-electron chi connectivity index (χ0n) is 17.9. The highest BCUT2D eigenvalue weighted by Gasteiger charge is 2.34. The second-order valence-corrected chi connectivity index (χ2v) is 8.56. The van der Waals surface area contributed by atoms with E-state index in [-0.39, 0.29) is 6.04 Å². The molecule has 0 aliphatic carbocycles. The molecule has 2 nitrogen and oxygen atoms in total. The third-order valence-corrected chi connectivity index (χ3v) is 6.31. The van der Waals surface area contributed by atoms with E-state index in [2.05, 4.69) is 104 Å². The molecule has 1 heterocycles. The van der Waals surface area contributed by atoms with Gasteiger partial charge < -0.3 is 0 Å². The molecule has 3 atom stereocenters. The van der Waals surface area contributed by atoms with Gasteiger partial charge in [0.05, 0.1) is 6.04 Å². The zero-order valence-corrected chi connectivity index (χ0v) is 17.9. The number of hydrogen-bond donors (Lipinski definition) is 0. The molecule has 2 heteroatoms. The Kier molecular flexibility index (Phi) is 5.84. The van der Waals surface area contributed by atoms with Crippen LogP contribution in [0, 0.1) is 6.92 Å². The van der Waals surface area contributed by atoms with Crippen LogP contribution < -0.4 is 0 Å². The number of fused-ring (bicyclic) bond motifs is 1. The predicted octanol–water partition coefficient (Wildman–Crippen LogP) is 5.82. The van der Waals surface area contributed by atoms with Crippen LogP contribution in [0.4, 0.5) is 0 Å². The monoisotopic (exact) mass is 384 g/mol. The van der Waals surface area contributed by atoms with Crippen molar-refractivity contribution in [1.29, 1.82) is 0 Å². The molecular formula is C27H32N2. The Balaban J connectivity index is 1.77. The molecule has 1 fully saturated rings. The molecule has 1 unspecified atom stereocenters. The molecule has 3 aromatic carbocycles. The fraction of sp³-hybridized carbons (Fsp3) is 0.333. The molecule has 0 amide bonds. The number of nitrogens with zero attached hydrogens (tertiary/aromatic N) is 2. The van der Waals surface area contributed by atoms with Crippen molar-refractivity contribution in [2.24, 2.45) is 0 Å². The van der Waals surface area contributed by atoms with Gasteiger partial charge in [0.2, 0.25) is 0 Å². The molecule has 0 bridgehead atoms. The SMILES string of the molecule is C=CCN1C[C@H](C)N(C(c2cccc(C)c2)c2ccc3ccccc3c2)C[C@H]1C. The third-order valence-electron chi connectivity index (χ3n) is 6.31. The summed E-state index contributed by atoms with van der Waals surface area (Å²) < 4.78 is 0. The fourth-order valence-corrected chi connectivity index (χ4v) is 4.80. The van der Waals surface area contributed by atoms with Crippen LogP contribution in [0.1, 0.15) is 36.6 Å². The predicted molar refractivity (Wildman–Crippen MR) is 124 cm³/mol. The summed E-state index contributed by atoms with van der Waals surface area (Å²) in [5.41, 5.74) is 4.08. The van der Waals surface area contributed by atoms with E-state index in [0.717, 1.165) is 19.6 Å². The van der Waals surface area contributed by atoms with Gasteiger partial charge in [0.15, 0.2) is 0 Å². The van der Waals surface area contributed by atoms with Crippen LogP contribution in [0.15, 0.2) is 79.4 Å². The highest BCUT2D eigenvalue weighted by Crippen LogP contribution is 2.35. The molecule has 4 rings (SSSR count). The summed E-state index contributed by atoms with van der Waals surface area (Å²) >= 11 is 0. The lowest BCUT2D eigenvalue weighted by molar-refractivity contribution is 0.0307. The normalized spacial score (nSPS) is 21.9. The lowest BCUT2D eigenvalue weighted by atomic mass is 9.91. The first kappa shape index (κ1) is 19.9. The fourth-order valence-electron chi connectivity index (χ4n) is 4.80. The zero-order chi connectivity index (χ0) is 20.4. The van der Waals surface area contributed by atoms with Gasteiger partial charge >= 0.3 is 0 Å². The van der Waals surface area contributed by atoms with E-state index in [0.29, 0.717) is 12.1 Å². The molecule has 3 aromatic rings. The molecule has 0 radical (unpaired) electrons. The highest BCUT2D eigenvalue weighted by atomic mass is 15.3. The van der Waals surface area contributed by atoms with Crippen LogP contribution in [-0.4, -0.2) is 41.5 Å². The van der Waals surface area contributed by atoms with Crippen molar-refractivity contribution in [3.8, 4) is 0 Å². The maximum absolute atomic E-state index is 3.95. The minimum absolute atomic E-state index is 0.267. The molecule has 1 saturated heterocycles. The summed E-state index contributed by atoms with van der Waals surface area (Å²) in [5.74, 6) is 0. The molecule has 29 heavy (non-hydrogen) atoms. The first-order chi connectivity index (χ1) is 14.1. The maximum atomic E-state index is 3.95. The lowest BCUT2D eigenvalue weighted by Gasteiger charge is -2.47. The van der Waals surface area contributed by atoms with Crippen molar-refractivity contribution in [3.63, 3.8) is 0 Å². The number of rotatable bonds is 5. The van der Waals surface area contributed by atoms with Gasteiger partial charge in [-0.2, -0.15) is 0 Å². The van der Waals surface area contributed by atoms with Crippen molar-refractivity contribution >= 4 is 10.8 Å². The van der Waals surface area contributed by atoms with Gasteiger partial charge in [0.25, 0.3) is 0 Å². The molecule has 0 spiro atoms.